The van der Waals surface area contributed by atoms with Gasteiger partial charge < -0.3 is 30.3 Å². The highest BCUT2D eigenvalue weighted by Gasteiger charge is 2.35. The predicted molar refractivity (Wildman–Crippen MR) is 185 cm³/mol. The summed E-state index contributed by atoms with van der Waals surface area (Å²) in [5.41, 5.74) is 4.06. The van der Waals surface area contributed by atoms with Crippen LogP contribution in [0.2, 0.25) is 0 Å². The Hall–Kier alpha value is -4.66. The highest BCUT2D eigenvalue weighted by Crippen LogP contribution is 2.32. The van der Waals surface area contributed by atoms with Crippen LogP contribution in [0.1, 0.15) is 61.1 Å². The quantitative estimate of drug-likeness (QED) is 0.139. The normalized spacial score (nSPS) is 17.4. The molecule has 1 aliphatic carbocycles. The molecule has 0 aliphatic heterocycles. The zero-order valence-electron chi connectivity index (χ0n) is 27.8. The number of alkyl carbamates (subject to hydrolysis) is 1. The maximum absolute atomic E-state index is 14.0. The van der Waals surface area contributed by atoms with Gasteiger partial charge in [-0.3, -0.25) is 4.79 Å². The molecule has 2 amide bonds. The van der Waals surface area contributed by atoms with Gasteiger partial charge in [-0.15, -0.1) is 0 Å². The summed E-state index contributed by atoms with van der Waals surface area (Å²) >= 11 is 0. The van der Waals surface area contributed by atoms with E-state index in [4.69, 9.17) is 9.47 Å². The first kappa shape index (κ1) is 34.7. The number of aliphatic hydroxyl groups is 2. The van der Waals surface area contributed by atoms with Crippen LogP contribution in [0, 0.1) is 5.92 Å². The third-order valence-electron chi connectivity index (χ3n) is 8.52. The van der Waals surface area contributed by atoms with Crippen LogP contribution >= 0.6 is 0 Å². The van der Waals surface area contributed by atoms with E-state index in [1.54, 1.807) is 20.8 Å². The van der Waals surface area contributed by atoms with Gasteiger partial charge in [0.2, 0.25) is 5.91 Å². The molecule has 5 rings (SSSR count). The molecular formula is C40H46N2O6. The van der Waals surface area contributed by atoms with E-state index in [1.165, 1.54) is 0 Å². The summed E-state index contributed by atoms with van der Waals surface area (Å²) in [6, 6.07) is 33.5. The van der Waals surface area contributed by atoms with Gasteiger partial charge in [0.15, 0.2) is 0 Å². The van der Waals surface area contributed by atoms with E-state index in [1.807, 2.05) is 109 Å². The minimum atomic E-state index is -1.08. The van der Waals surface area contributed by atoms with Crippen molar-refractivity contribution in [3.63, 3.8) is 0 Å². The Balaban J connectivity index is 1.34. The molecule has 1 unspecified atom stereocenters. The molecule has 0 aromatic heterocycles. The van der Waals surface area contributed by atoms with Gasteiger partial charge in [-0.25, -0.2) is 4.79 Å². The average Bonchev–Trinajstić information content (AvgIpc) is 3.38. The van der Waals surface area contributed by atoms with E-state index in [2.05, 4.69) is 10.6 Å². The Morgan fingerprint density at radius 3 is 2.08 bits per heavy atom. The highest BCUT2D eigenvalue weighted by molar-refractivity contribution is 5.80. The second-order valence-corrected chi connectivity index (χ2v) is 13.5. The summed E-state index contributed by atoms with van der Waals surface area (Å²) < 4.78 is 11.5. The Morgan fingerprint density at radius 1 is 0.812 bits per heavy atom. The number of hydrogen-bond acceptors (Lipinski definition) is 6. The number of benzene rings is 4. The Labute approximate surface area is 283 Å². The van der Waals surface area contributed by atoms with Gasteiger partial charge in [-0.2, -0.15) is 0 Å². The van der Waals surface area contributed by atoms with Crippen molar-refractivity contribution < 1.29 is 29.3 Å². The molecule has 4 aromatic carbocycles. The van der Waals surface area contributed by atoms with Crippen molar-refractivity contribution in [3.05, 3.63) is 137 Å². The summed E-state index contributed by atoms with van der Waals surface area (Å²) in [7, 11) is 0. The lowest BCUT2D eigenvalue weighted by Gasteiger charge is -2.29. The molecular weight excluding hydrogens is 604 g/mol. The summed E-state index contributed by atoms with van der Waals surface area (Å²) in [5.74, 6) is -0.247. The molecule has 0 fully saturated rings. The van der Waals surface area contributed by atoms with E-state index in [0.717, 1.165) is 27.8 Å². The molecule has 4 aromatic rings. The molecule has 48 heavy (non-hydrogen) atoms. The van der Waals surface area contributed by atoms with E-state index in [0.29, 0.717) is 31.6 Å². The van der Waals surface area contributed by atoms with Gasteiger partial charge in [0.05, 0.1) is 24.3 Å². The molecule has 0 bridgehead atoms. The highest BCUT2D eigenvalue weighted by atomic mass is 16.6. The molecule has 8 heteroatoms. The van der Waals surface area contributed by atoms with Gasteiger partial charge in [0.1, 0.15) is 18.0 Å². The minimum absolute atomic E-state index is 0.0653. The van der Waals surface area contributed by atoms with Crippen LogP contribution < -0.4 is 15.4 Å². The number of carbonyl (C=O) groups excluding carboxylic acids is 2. The van der Waals surface area contributed by atoms with E-state index in [9.17, 15) is 19.8 Å². The van der Waals surface area contributed by atoms with Crippen molar-refractivity contribution in [1.82, 2.24) is 10.6 Å². The van der Waals surface area contributed by atoms with E-state index in [-0.39, 0.29) is 12.3 Å². The summed E-state index contributed by atoms with van der Waals surface area (Å²) in [4.78, 5) is 26.9. The van der Waals surface area contributed by atoms with Crippen LogP contribution in [0.15, 0.2) is 109 Å². The van der Waals surface area contributed by atoms with Crippen molar-refractivity contribution >= 4 is 12.0 Å². The van der Waals surface area contributed by atoms with E-state index < -0.39 is 41.9 Å². The van der Waals surface area contributed by atoms with Crippen LogP contribution in [-0.2, 0) is 35.4 Å². The zero-order chi connectivity index (χ0) is 34.1. The topological polar surface area (TPSA) is 117 Å². The number of amides is 2. The van der Waals surface area contributed by atoms with Gasteiger partial charge >= 0.3 is 6.09 Å². The van der Waals surface area contributed by atoms with Gasteiger partial charge in [-0.1, -0.05) is 97.1 Å². The average molecular weight is 651 g/mol. The second-order valence-electron chi connectivity index (χ2n) is 13.5. The molecule has 5 atom stereocenters. The molecule has 1 aliphatic rings. The fraction of sp³-hybridized carbons (Fsp3) is 0.350. The number of rotatable bonds is 13. The van der Waals surface area contributed by atoms with Crippen molar-refractivity contribution in [2.24, 2.45) is 5.92 Å². The molecule has 0 saturated heterocycles. The molecule has 252 valence electrons. The first-order chi connectivity index (χ1) is 23.0. The van der Waals surface area contributed by atoms with E-state index >= 15 is 0 Å². The number of nitrogens with one attached hydrogen (secondary N) is 2. The molecule has 0 spiro atoms. The molecule has 0 heterocycles. The number of ether oxygens (including phenoxy) is 2. The van der Waals surface area contributed by atoms with Gasteiger partial charge in [0, 0.05) is 12.3 Å². The van der Waals surface area contributed by atoms with Gasteiger partial charge in [-0.05, 0) is 80.0 Å². The first-order valence-electron chi connectivity index (χ1n) is 16.6. The van der Waals surface area contributed by atoms with Gasteiger partial charge in [0.25, 0.3) is 0 Å². The Bertz CT molecular complexity index is 1620. The fourth-order valence-corrected chi connectivity index (χ4v) is 6.12. The number of aliphatic hydroxyl groups excluding tert-OH is 2. The molecule has 8 nitrogen and oxygen atoms in total. The molecule has 0 radical (unpaired) electrons. The maximum atomic E-state index is 14.0. The smallest absolute Gasteiger partial charge is 0.407 e. The van der Waals surface area contributed by atoms with Crippen LogP contribution in [0.25, 0.3) is 0 Å². The molecule has 4 N–H and O–H groups in total. The first-order valence-corrected chi connectivity index (χ1v) is 16.6. The Kier molecular flexibility index (Phi) is 11.5. The van der Waals surface area contributed by atoms with Crippen molar-refractivity contribution in [2.45, 2.75) is 83.0 Å². The summed E-state index contributed by atoms with van der Waals surface area (Å²) in [5, 5.41) is 28.5. The lowest BCUT2D eigenvalue weighted by molar-refractivity contribution is -0.127. The second kappa shape index (κ2) is 16.0. The zero-order valence-corrected chi connectivity index (χ0v) is 27.8. The minimum Gasteiger partial charge on any atom is -0.489 e. The number of carbonyl (C=O) groups is 2. The fourth-order valence-electron chi connectivity index (χ4n) is 6.12. The monoisotopic (exact) mass is 650 g/mol. The lowest BCUT2D eigenvalue weighted by atomic mass is 9.88. The largest absolute Gasteiger partial charge is 0.489 e. The van der Waals surface area contributed by atoms with Crippen LogP contribution in [-0.4, -0.2) is 46.1 Å². The standard InChI is InChI=1S/C40H46N2O6/c1-40(2,3)48-39(46)41-34(23-27-12-6-4-7-13-27)35(43)25-31(38(45)42-37-33-17-11-10-16-30(33)24-36(37)44)22-28-18-20-32(21-19-28)47-26-29-14-8-5-9-15-29/h4-21,31,34-37,43-44H,22-26H2,1-3H3,(H,41,46)(H,42,45)/t31-,34+,35+,36-,37?/m1/s1. The number of fused-ring (bicyclic) bond motifs is 1. The predicted octanol–water partition coefficient (Wildman–Crippen LogP) is 6.09. The van der Waals surface area contributed by atoms with Crippen molar-refractivity contribution in [2.75, 3.05) is 0 Å². The van der Waals surface area contributed by atoms with Crippen molar-refractivity contribution in [3.8, 4) is 5.75 Å². The van der Waals surface area contributed by atoms with Crippen LogP contribution in [0.4, 0.5) is 4.79 Å². The maximum Gasteiger partial charge on any atom is 0.407 e. The third kappa shape index (κ3) is 9.92. The lowest BCUT2D eigenvalue weighted by Crippen LogP contribution is -2.48. The van der Waals surface area contributed by atoms with Crippen molar-refractivity contribution in [1.29, 1.82) is 0 Å². The third-order valence-corrected chi connectivity index (χ3v) is 8.52. The van der Waals surface area contributed by atoms with Crippen LogP contribution in [0.3, 0.4) is 0 Å². The van der Waals surface area contributed by atoms with Crippen LogP contribution in [0.5, 0.6) is 5.75 Å². The SMILES string of the molecule is CC(C)(C)OC(=O)N[C@@H](Cc1ccccc1)[C@@H](O)C[C@@H](Cc1ccc(OCc2ccccc2)cc1)C(=O)NC1c2ccccc2C[C@H]1O. The summed E-state index contributed by atoms with van der Waals surface area (Å²) in [6.07, 6.45) is -1.27. The Morgan fingerprint density at radius 2 is 1.42 bits per heavy atom. The summed E-state index contributed by atoms with van der Waals surface area (Å²) in [6.45, 7) is 5.78. The molecule has 0 saturated carbocycles. The number of hydrogen-bond donors (Lipinski definition) is 4.